The van der Waals surface area contributed by atoms with Crippen molar-refractivity contribution in [3.8, 4) is 11.5 Å². The van der Waals surface area contributed by atoms with Gasteiger partial charge in [0.15, 0.2) is 5.75 Å². The first kappa shape index (κ1) is 18.3. The van der Waals surface area contributed by atoms with Crippen LogP contribution in [-0.4, -0.2) is 51.8 Å². The van der Waals surface area contributed by atoms with Gasteiger partial charge in [0.2, 0.25) is 0 Å². The third-order valence-electron chi connectivity index (χ3n) is 4.63. The fourth-order valence-corrected chi connectivity index (χ4v) is 3.29. The number of halogens is 1. The Hall–Kier alpha value is -3.06. The second-order valence-electron chi connectivity index (χ2n) is 6.56. The van der Waals surface area contributed by atoms with Crippen LogP contribution in [0.1, 0.15) is 10.4 Å². The van der Waals surface area contributed by atoms with Gasteiger partial charge in [-0.3, -0.25) is 9.48 Å². The lowest BCUT2D eigenvalue weighted by Crippen LogP contribution is -2.49. The van der Waals surface area contributed by atoms with Gasteiger partial charge >= 0.3 is 0 Å². The fourth-order valence-electron chi connectivity index (χ4n) is 3.17. The average Bonchev–Trinajstić information content (AvgIpc) is 3.13. The molecule has 1 aliphatic heterocycles. The standard InChI is InChI=1S/C20H20ClN5O2/c1-24-14-16(13-23-24)28-18-5-3-2-4-17(18)20(27)26-10-8-25(9-11-26)19-7-6-15(21)12-22-19/h2-7,12-14H,8-11H2,1H3. The fraction of sp³-hybridized carbons (Fsp3) is 0.250. The predicted octanol–water partition coefficient (Wildman–Crippen LogP) is 3.22. The van der Waals surface area contributed by atoms with Crippen molar-refractivity contribution in [2.24, 2.45) is 7.05 Å². The van der Waals surface area contributed by atoms with Crippen molar-refractivity contribution < 1.29 is 9.53 Å². The van der Waals surface area contributed by atoms with Crippen LogP contribution in [0, 0.1) is 0 Å². The van der Waals surface area contributed by atoms with Gasteiger partial charge in [0.25, 0.3) is 5.91 Å². The molecule has 1 aromatic carbocycles. The number of nitrogens with zero attached hydrogens (tertiary/aromatic N) is 5. The minimum Gasteiger partial charge on any atom is -0.453 e. The first-order valence-corrected chi connectivity index (χ1v) is 9.39. The highest BCUT2D eigenvalue weighted by molar-refractivity contribution is 6.30. The molecule has 0 atom stereocenters. The lowest BCUT2D eigenvalue weighted by molar-refractivity contribution is 0.0744. The molecule has 3 heterocycles. The first-order valence-electron chi connectivity index (χ1n) is 9.01. The van der Waals surface area contributed by atoms with Crippen molar-refractivity contribution in [1.82, 2.24) is 19.7 Å². The van der Waals surface area contributed by atoms with Crippen LogP contribution in [0.3, 0.4) is 0 Å². The molecule has 0 aliphatic carbocycles. The summed E-state index contributed by atoms with van der Waals surface area (Å²) in [5.74, 6) is 1.96. The molecule has 3 aromatic rings. The number of hydrogen-bond acceptors (Lipinski definition) is 5. The quantitative estimate of drug-likeness (QED) is 0.676. The van der Waals surface area contributed by atoms with Gasteiger partial charge in [0, 0.05) is 39.4 Å². The van der Waals surface area contributed by atoms with E-state index in [0.29, 0.717) is 48.3 Å². The van der Waals surface area contributed by atoms with Crippen molar-refractivity contribution in [2.75, 3.05) is 31.1 Å². The maximum atomic E-state index is 13.1. The topological polar surface area (TPSA) is 63.5 Å². The molecule has 0 radical (unpaired) electrons. The lowest BCUT2D eigenvalue weighted by atomic mass is 10.1. The number of aromatic nitrogens is 3. The second kappa shape index (κ2) is 7.90. The van der Waals surface area contributed by atoms with Crippen LogP contribution >= 0.6 is 11.6 Å². The summed E-state index contributed by atoms with van der Waals surface area (Å²) in [5.41, 5.74) is 0.546. The number of carbonyl (C=O) groups is 1. The smallest absolute Gasteiger partial charge is 0.257 e. The van der Waals surface area contributed by atoms with E-state index in [2.05, 4.69) is 15.0 Å². The molecule has 2 aromatic heterocycles. The van der Waals surface area contributed by atoms with Gasteiger partial charge < -0.3 is 14.5 Å². The summed E-state index contributed by atoms with van der Waals surface area (Å²) in [6.45, 7) is 2.66. The van der Waals surface area contributed by atoms with Crippen LogP contribution in [0.2, 0.25) is 5.02 Å². The van der Waals surface area contributed by atoms with Gasteiger partial charge in [0.1, 0.15) is 11.6 Å². The molecule has 0 saturated carbocycles. The Morgan fingerprint density at radius 3 is 2.54 bits per heavy atom. The molecule has 0 unspecified atom stereocenters. The van der Waals surface area contributed by atoms with E-state index in [-0.39, 0.29) is 5.91 Å². The SMILES string of the molecule is Cn1cc(Oc2ccccc2C(=O)N2CCN(c3ccc(Cl)cn3)CC2)cn1. The predicted molar refractivity (Wildman–Crippen MR) is 107 cm³/mol. The molecule has 1 amide bonds. The minimum absolute atomic E-state index is 0.0387. The molecular formula is C20H20ClN5O2. The Balaban J connectivity index is 1.45. The van der Waals surface area contributed by atoms with E-state index in [1.807, 2.05) is 36.2 Å². The molecule has 1 fully saturated rings. The number of para-hydroxylation sites is 1. The number of rotatable bonds is 4. The number of piperazine rings is 1. The largest absolute Gasteiger partial charge is 0.453 e. The zero-order valence-corrected chi connectivity index (χ0v) is 16.2. The molecule has 8 heteroatoms. The molecule has 0 N–H and O–H groups in total. The van der Waals surface area contributed by atoms with Gasteiger partial charge in [-0.05, 0) is 24.3 Å². The number of aryl methyl sites for hydroxylation is 1. The summed E-state index contributed by atoms with van der Waals surface area (Å²) in [5, 5.41) is 4.71. The lowest BCUT2D eigenvalue weighted by Gasteiger charge is -2.35. The Kier molecular flexibility index (Phi) is 5.16. The molecule has 7 nitrogen and oxygen atoms in total. The Morgan fingerprint density at radius 1 is 1.07 bits per heavy atom. The highest BCUT2D eigenvalue weighted by Crippen LogP contribution is 2.26. The maximum Gasteiger partial charge on any atom is 0.257 e. The Bertz CT molecular complexity index is 965. The zero-order chi connectivity index (χ0) is 19.5. The normalized spacial score (nSPS) is 14.2. The highest BCUT2D eigenvalue weighted by Gasteiger charge is 2.25. The van der Waals surface area contributed by atoms with Crippen LogP contribution in [0.25, 0.3) is 0 Å². The Morgan fingerprint density at radius 2 is 1.86 bits per heavy atom. The van der Waals surface area contributed by atoms with Crippen LogP contribution in [0.5, 0.6) is 11.5 Å². The minimum atomic E-state index is -0.0387. The van der Waals surface area contributed by atoms with Gasteiger partial charge in [-0.15, -0.1) is 0 Å². The van der Waals surface area contributed by atoms with Crippen molar-refractivity contribution in [3.63, 3.8) is 0 Å². The third-order valence-corrected chi connectivity index (χ3v) is 4.85. The van der Waals surface area contributed by atoms with E-state index in [1.54, 1.807) is 35.4 Å². The van der Waals surface area contributed by atoms with E-state index in [9.17, 15) is 4.79 Å². The van der Waals surface area contributed by atoms with E-state index >= 15 is 0 Å². The van der Waals surface area contributed by atoms with Gasteiger partial charge in [-0.25, -0.2) is 4.98 Å². The van der Waals surface area contributed by atoms with Crippen molar-refractivity contribution >= 4 is 23.3 Å². The molecule has 1 saturated heterocycles. The monoisotopic (exact) mass is 397 g/mol. The van der Waals surface area contributed by atoms with E-state index < -0.39 is 0 Å². The molecule has 4 rings (SSSR count). The van der Waals surface area contributed by atoms with Crippen molar-refractivity contribution in [2.45, 2.75) is 0 Å². The molecule has 0 bridgehead atoms. The number of amides is 1. The Labute approximate surface area is 168 Å². The van der Waals surface area contributed by atoms with Crippen LogP contribution < -0.4 is 9.64 Å². The summed E-state index contributed by atoms with van der Waals surface area (Å²) in [4.78, 5) is 21.4. The highest BCUT2D eigenvalue weighted by atomic mass is 35.5. The number of pyridine rings is 1. The van der Waals surface area contributed by atoms with Crippen molar-refractivity contribution in [1.29, 1.82) is 0 Å². The van der Waals surface area contributed by atoms with Crippen LogP contribution in [0.15, 0.2) is 55.0 Å². The van der Waals surface area contributed by atoms with Gasteiger partial charge in [-0.1, -0.05) is 23.7 Å². The average molecular weight is 398 g/mol. The summed E-state index contributed by atoms with van der Waals surface area (Å²) >= 11 is 5.91. The number of hydrogen-bond donors (Lipinski definition) is 0. The van der Waals surface area contributed by atoms with E-state index in [0.717, 1.165) is 5.82 Å². The number of carbonyl (C=O) groups excluding carboxylic acids is 1. The molecule has 0 spiro atoms. The first-order chi connectivity index (χ1) is 13.6. The second-order valence-corrected chi connectivity index (χ2v) is 7.00. The van der Waals surface area contributed by atoms with Crippen molar-refractivity contribution in [3.05, 3.63) is 65.6 Å². The summed E-state index contributed by atoms with van der Waals surface area (Å²) < 4.78 is 7.54. The molecule has 1 aliphatic rings. The van der Waals surface area contributed by atoms with Crippen LogP contribution in [-0.2, 0) is 7.05 Å². The summed E-state index contributed by atoms with van der Waals surface area (Å²) in [7, 11) is 1.82. The van der Waals surface area contributed by atoms with Gasteiger partial charge in [0.05, 0.1) is 23.0 Å². The van der Waals surface area contributed by atoms with Gasteiger partial charge in [-0.2, -0.15) is 5.10 Å². The number of benzene rings is 1. The maximum absolute atomic E-state index is 13.1. The number of anilines is 1. The summed E-state index contributed by atoms with van der Waals surface area (Å²) in [6, 6.07) is 11.0. The zero-order valence-electron chi connectivity index (χ0n) is 15.5. The third kappa shape index (κ3) is 3.94. The number of ether oxygens (including phenoxy) is 1. The molecular weight excluding hydrogens is 378 g/mol. The van der Waals surface area contributed by atoms with E-state index in [1.165, 1.54) is 0 Å². The summed E-state index contributed by atoms with van der Waals surface area (Å²) in [6.07, 6.45) is 5.03. The van der Waals surface area contributed by atoms with Crippen LogP contribution in [0.4, 0.5) is 5.82 Å². The molecule has 144 valence electrons. The van der Waals surface area contributed by atoms with E-state index in [4.69, 9.17) is 16.3 Å². The molecule has 28 heavy (non-hydrogen) atoms.